The van der Waals surface area contributed by atoms with Gasteiger partial charge in [0.25, 0.3) is 0 Å². The number of hydrogen-bond acceptors (Lipinski definition) is 3. The standard InChI is InChI=1S/C10H11F3N2O2.ClH/c11-10(12,13)5-4-8-17-9(16)15-7-3-1-2-6-14-15;/h1-3,6-7H,4-5,8H2;1H. The minimum Gasteiger partial charge on any atom is -0.448 e. The topological polar surface area (TPSA) is 41.9 Å². The van der Waals surface area contributed by atoms with E-state index in [9.17, 15) is 18.0 Å². The molecular formula is C10H12ClF3N2O2. The van der Waals surface area contributed by atoms with Crippen LogP contribution in [-0.4, -0.2) is 30.1 Å². The number of nitrogens with zero attached hydrogens (tertiary/aromatic N) is 2. The number of halogens is 4. The lowest BCUT2D eigenvalue weighted by molar-refractivity contribution is -0.137. The van der Waals surface area contributed by atoms with Crippen LogP contribution in [0.3, 0.4) is 0 Å². The first-order chi connectivity index (χ1) is 7.99. The molecule has 0 saturated heterocycles. The van der Waals surface area contributed by atoms with Crippen molar-refractivity contribution in [2.45, 2.75) is 19.0 Å². The fourth-order valence-electron chi connectivity index (χ4n) is 1.00. The molecule has 0 radical (unpaired) electrons. The van der Waals surface area contributed by atoms with E-state index >= 15 is 0 Å². The van der Waals surface area contributed by atoms with Crippen LogP contribution in [0.4, 0.5) is 18.0 Å². The first-order valence-corrected chi connectivity index (χ1v) is 4.89. The Labute approximate surface area is 108 Å². The Kier molecular flexibility index (Phi) is 7.11. The molecule has 18 heavy (non-hydrogen) atoms. The predicted molar refractivity (Wildman–Crippen MR) is 62.5 cm³/mol. The van der Waals surface area contributed by atoms with Crippen molar-refractivity contribution in [1.29, 1.82) is 0 Å². The Morgan fingerprint density at radius 1 is 1.28 bits per heavy atom. The maximum Gasteiger partial charge on any atom is 0.434 e. The van der Waals surface area contributed by atoms with E-state index in [1.807, 2.05) is 0 Å². The second-order valence-electron chi connectivity index (χ2n) is 3.17. The molecule has 0 unspecified atom stereocenters. The Balaban J connectivity index is 0.00000289. The quantitative estimate of drug-likeness (QED) is 0.747. The Morgan fingerprint density at radius 2 is 2.00 bits per heavy atom. The number of hydrogen-bond donors (Lipinski definition) is 0. The van der Waals surface area contributed by atoms with E-state index in [1.165, 1.54) is 12.4 Å². The van der Waals surface area contributed by atoms with Crippen molar-refractivity contribution in [2.75, 3.05) is 6.61 Å². The van der Waals surface area contributed by atoms with Crippen molar-refractivity contribution >= 4 is 24.7 Å². The number of amides is 1. The molecule has 1 aliphatic rings. The fraction of sp³-hybridized carbons (Fsp3) is 0.400. The van der Waals surface area contributed by atoms with Crippen LogP contribution in [-0.2, 0) is 4.74 Å². The summed E-state index contributed by atoms with van der Waals surface area (Å²) < 4.78 is 40.0. The lowest BCUT2D eigenvalue weighted by Crippen LogP contribution is -2.22. The summed E-state index contributed by atoms with van der Waals surface area (Å²) in [5.74, 6) is 0. The van der Waals surface area contributed by atoms with Crippen LogP contribution in [0, 0.1) is 0 Å². The summed E-state index contributed by atoms with van der Waals surface area (Å²) in [4.78, 5) is 11.3. The van der Waals surface area contributed by atoms with E-state index in [2.05, 4.69) is 9.84 Å². The number of carbonyl (C=O) groups excluding carboxylic acids is 1. The number of rotatable bonds is 3. The molecule has 0 atom stereocenters. The molecule has 0 spiro atoms. The normalized spacial score (nSPS) is 14.1. The average molecular weight is 285 g/mol. The van der Waals surface area contributed by atoms with Gasteiger partial charge >= 0.3 is 12.3 Å². The van der Waals surface area contributed by atoms with Gasteiger partial charge in [-0.3, -0.25) is 0 Å². The summed E-state index contributed by atoms with van der Waals surface area (Å²) in [5, 5.41) is 4.60. The van der Waals surface area contributed by atoms with Crippen LogP contribution in [0.1, 0.15) is 12.8 Å². The van der Waals surface area contributed by atoms with E-state index < -0.39 is 18.7 Å². The number of ether oxygens (including phenoxy) is 1. The zero-order chi connectivity index (χ0) is 12.7. The third-order valence-electron chi connectivity index (χ3n) is 1.74. The van der Waals surface area contributed by atoms with Gasteiger partial charge in [-0.1, -0.05) is 6.08 Å². The lowest BCUT2D eigenvalue weighted by Gasteiger charge is -2.12. The van der Waals surface area contributed by atoms with E-state index in [4.69, 9.17) is 0 Å². The minimum atomic E-state index is -4.23. The van der Waals surface area contributed by atoms with Gasteiger partial charge in [0.05, 0.1) is 6.61 Å². The third-order valence-corrected chi connectivity index (χ3v) is 1.74. The van der Waals surface area contributed by atoms with Gasteiger partial charge in [-0.15, -0.1) is 12.4 Å². The van der Waals surface area contributed by atoms with Gasteiger partial charge in [-0.05, 0) is 18.6 Å². The van der Waals surface area contributed by atoms with Crippen molar-refractivity contribution in [3.05, 3.63) is 24.4 Å². The second-order valence-corrected chi connectivity index (χ2v) is 3.17. The maximum absolute atomic E-state index is 11.8. The third kappa shape index (κ3) is 6.95. The number of allylic oxidation sites excluding steroid dienone is 3. The SMILES string of the molecule is Cl.O=C(OCCCC(F)(F)F)N1C=CC=CC=N1. The first-order valence-electron chi connectivity index (χ1n) is 4.89. The summed E-state index contributed by atoms with van der Waals surface area (Å²) in [5.41, 5.74) is 0. The van der Waals surface area contributed by atoms with Crippen LogP contribution in [0.25, 0.3) is 0 Å². The molecule has 0 aromatic heterocycles. The van der Waals surface area contributed by atoms with Gasteiger partial charge < -0.3 is 4.74 Å². The molecule has 0 aromatic rings. The summed E-state index contributed by atoms with van der Waals surface area (Å²) in [6.45, 7) is -0.286. The largest absolute Gasteiger partial charge is 0.448 e. The predicted octanol–water partition coefficient (Wildman–Crippen LogP) is 3.26. The Hall–Kier alpha value is -1.50. The molecule has 1 heterocycles. The van der Waals surface area contributed by atoms with Crippen LogP contribution < -0.4 is 0 Å². The Bertz CT molecular complexity index is 338. The van der Waals surface area contributed by atoms with E-state index in [0.29, 0.717) is 0 Å². The molecule has 0 aliphatic carbocycles. The minimum absolute atomic E-state index is 0. The van der Waals surface area contributed by atoms with Crippen molar-refractivity contribution in [1.82, 2.24) is 5.01 Å². The fourth-order valence-corrected chi connectivity index (χ4v) is 1.00. The highest BCUT2D eigenvalue weighted by Crippen LogP contribution is 2.21. The van der Waals surface area contributed by atoms with Gasteiger partial charge in [0.15, 0.2) is 0 Å². The summed E-state index contributed by atoms with van der Waals surface area (Å²) in [7, 11) is 0. The number of carbonyl (C=O) groups is 1. The molecule has 0 bridgehead atoms. The van der Waals surface area contributed by atoms with Gasteiger partial charge in [-0.25, -0.2) is 4.79 Å². The van der Waals surface area contributed by atoms with Crippen molar-refractivity contribution in [3.8, 4) is 0 Å². The molecule has 4 nitrogen and oxygen atoms in total. The van der Waals surface area contributed by atoms with Gasteiger partial charge in [0.1, 0.15) is 0 Å². The van der Waals surface area contributed by atoms with E-state index in [0.717, 1.165) is 5.01 Å². The number of alkyl halides is 3. The molecule has 1 aliphatic heterocycles. The van der Waals surface area contributed by atoms with Crippen molar-refractivity contribution < 1.29 is 22.7 Å². The molecule has 0 saturated carbocycles. The summed E-state index contributed by atoms with van der Waals surface area (Å²) in [6, 6.07) is 0. The van der Waals surface area contributed by atoms with Crippen LogP contribution >= 0.6 is 12.4 Å². The van der Waals surface area contributed by atoms with E-state index in [-0.39, 0.29) is 25.4 Å². The van der Waals surface area contributed by atoms with Crippen LogP contribution in [0.15, 0.2) is 29.5 Å². The highest BCUT2D eigenvalue weighted by Gasteiger charge is 2.26. The molecular weight excluding hydrogens is 273 g/mol. The van der Waals surface area contributed by atoms with Gasteiger partial charge in [0.2, 0.25) is 0 Å². The van der Waals surface area contributed by atoms with Gasteiger partial charge in [0, 0.05) is 18.8 Å². The average Bonchev–Trinajstić information content (AvgIpc) is 2.51. The first kappa shape index (κ1) is 16.5. The monoisotopic (exact) mass is 284 g/mol. The summed E-state index contributed by atoms with van der Waals surface area (Å²) >= 11 is 0. The molecule has 8 heteroatoms. The van der Waals surface area contributed by atoms with Crippen LogP contribution in [0.5, 0.6) is 0 Å². The van der Waals surface area contributed by atoms with Crippen molar-refractivity contribution in [3.63, 3.8) is 0 Å². The highest BCUT2D eigenvalue weighted by molar-refractivity contribution is 5.85. The highest BCUT2D eigenvalue weighted by atomic mass is 35.5. The molecule has 1 amide bonds. The maximum atomic E-state index is 11.8. The van der Waals surface area contributed by atoms with Crippen LogP contribution in [0.2, 0.25) is 0 Å². The smallest absolute Gasteiger partial charge is 0.434 e. The molecule has 0 aromatic carbocycles. The van der Waals surface area contributed by atoms with Crippen molar-refractivity contribution in [2.24, 2.45) is 5.10 Å². The molecule has 0 N–H and O–H groups in total. The second kappa shape index (κ2) is 7.75. The Morgan fingerprint density at radius 3 is 2.67 bits per heavy atom. The zero-order valence-electron chi connectivity index (χ0n) is 9.26. The van der Waals surface area contributed by atoms with Gasteiger partial charge in [-0.2, -0.15) is 23.3 Å². The summed E-state index contributed by atoms with van der Waals surface area (Å²) in [6.07, 6.45) is 1.29. The van der Waals surface area contributed by atoms with E-state index in [1.54, 1.807) is 18.2 Å². The number of hydrazone groups is 1. The molecule has 102 valence electrons. The lowest BCUT2D eigenvalue weighted by atomic mass is 10.3. The molecule has 1 rings (SSSR count). The molecule has 0 fully saturated rings. The zero-order valence-corrected chi connectivity index (χ0v) is 10.1.